The molecule has 60 heavy (non-hydrogen) atoms. The Morgan fingerprint density at radius 3 is 0.483 bits per heavy atom. The molecule has 0 spiro atoms. The molecule has 0 heterocycles. The van der Waals surface area contributed by atoms with Gasteiger partial charge >= 0.3 is 0 Å². The van der Waals surface area contributed by atoms with Gasteiger partial charge < -0.3 is 0 Å². The average Bonchev–Trinajstić information content (AvgIpc) is 3.12. The van der Waals surface area contributed by atoms with Gasteiger partial charge in [-0.25, -0.2) is 0 Å². The van der Waals surface area contributed by atoms with Crippen molar-refractivity contribution in [2.75, 3.05) is 0 Å². The van der Waals surface area contributed by atoms with Gasteiger partial charge in [0.1, 0.15) is 0 Å². The van der Waals surface area contributed by atoms with Crippen molar-refractivity contribution >= 4 is 425 Å². The summed E-state index contributed by atoms with van der Waals surface area (Å²) in [5.41, 5.74) is 0. The largest absolute Gasteiger partial charge is 0 e. The molecule has 0 aliphatic heterocycles. The highest BCUT2D eigenvalue weighted by atomic mass is 13.4. The summed E-state index contributed by atoms with van der Waals surface area (Å²) in [7, 11) is 194. The maximum absolute atomic E-state index is 7.57. The lowest BCUT2D eigenvalue weighted by atomic mass is 8.26. The quantitative estimate of drug-likeness (QED) is 0.0680. The number of hydrogen-bond donors (Lipinski definition) is 0. The van der Waals surface area contributed by atoms with E-state index >= 15 is 0 Å². The molecule has 0 atom stereocenters. The molecule has 0 unspecified atom stereocenters. The van der Waals surface area contributed by atoms with Crippen molar-refractivity contribution in [3.8, 4) is 0 Å². The molecule has 0 aliphatic carbocycles. The lowest BCUT2D eigenvalue weighted by Crippen LogP contribution is -2.93. The molecule has 0 rings (SSSR count). The minimum Gasteiger partial charge on any atom is 0 e. The van der Waals surface area contributed by atoms with Crippen LogP contribution in [0, 0.1) is 0 Å². The van der Waals surface area contributed by atoms with Crippen molar-refractivity contribution in [1.29, 1.82) is 0 Å². The van der Waals surface area contributed by atoms with Gasteiger partial charge in [-0.1, -0.05) is 0 Å². The van der Waals surface area contributed by atoms with Crippen molar-refractivity contribution in [3.63, 3.8) is 0 Å². The van der Waals surface area contributed by atoms with Crippen LogP contribution in [-0.2, 0) is 0 Å². The van der Waals surface area contributed by atoms with Crippen molar-refractivity contribution in [1.82, 2.24) is 0 Å². The lowest BCUT2D eigenvalue weighted by molar-refractivity contribution is 3.21. The molecule has 0 nitrogen and oxygen atoms in total. The maximum atomic E-state index is 7.57. The third-order valence-corrected chi connectivity index (χ3v) is 12.4. The average molecular weight is 649 g/mol. The molecule has 62 radical (unpaired) electrons. The minimum atomic E-state index is -1.49. The van der Waals surface area contributed by atoms with Gasteiger partial charge in [-0.2, -0.15) is 0 Å². The first-order chi connectivity index (χ1) is 27.6. The van der Waals surface area contributed by atoms with Crippen LogP contribution in [-0.4, -0.2) is 425 Å². The topological polar surface area (TPSA) is 0 Å². The summed E-state index contributed by atoms with van der Waals surface area (Å²) in [6.07, 6.45) is -33.7. The van der Waals surface area contributed by atoms with Crippen molar-refractivity contribution < 1.29 is 0 Å². The van der Waals surface area contributed by atoms with Crippen LogP contribution in [0.1, 0.15) is 0 Å². The molecule has 0 N–H and O–H groups in total. The van der Waals surface area contributed by atoms with Gasteiger partial charge in [-0.3, -0.25) is 0 Å². The molecular weight excluding hydrogens is 649 g/mol. The van der Waals surface area contributed by atoms with Crippen LogP contribution in [0.3, 0.4) is 0 Å². The SMILES string of the molecule is [B][B]B([B])B(B(B([B])[B])B([B])[B])B(B([B])B(B([B])[B])B(B([B])[B])B(B(B([B])[B][B])B(B([B])[B])B([B])[B])B(B([B])[B][B])B(B([B])[B])B([B])[B])B(B([B])[B][B])B(B([B])[B])B([B])[B]. The first kappa shape index (κ1) is 63.9. The van der Waals surface area contributed by atoms with E-state index in [1.165, 1.54) is 0 Å². The zero-order valence-electron chi connectivity index (χ0n) is 34.6. The van der Waals surface area contributed by atoms with Crippen molar-refractivity contribution in [2.45, 2.75) is 0 Å². The van der Waals surface area contributed by atoms with Crippen LogP contribution >= 0.6 is 0 Å². The lowest BCUT2D eigenvalue weighted by Gasteiger charge is -2.55. The minimum absolute atomic E-state index is 1.12. The Hall–Kier alpha value is 3.90. The Kier molecular flexibility index (Phi) is 32.5. The molecule has 180 valence electrons. The summed E-state index contributed by atoms with van der Waals surface area (Å²) in [5.74, 6) is 0. The van der Waals surface area contributed by atoms with Crippen LogP contribution in [0.4, 0.5) is 0 Å². The molecular formula is B60. The van der Waals surface area contributed by atoms with E-state index in [1.807, 2.05) is 0 Å². The second-order valence-electron chi connectivity index (χ2n) is 16.4. The summed E-state index contributed by atoms with van der Waals surface area (Å²) in [5, 5.41) is 0. The predicted octanol–water partition coefficient (Wildman–Crippen LogP) is -22.8. The first-order valence-corrected chi connectivity index (χ1v) is 19.7. The second kappa shape index (κ2) is 30.5. The third-order valence-electron chi connectivity index (χ3n) is 12.4. The molecule has 0 amide bonds. The smallest absolute Gasteiger partial charge is 0 e. The number of hydrogen-bond acceptors (Lipinski definition) is 0. The molecule has 0 bridgehead atoms. The highest BCUT2D eigenvalue weighted by Gasteiger charge is 2.58. The van der Waals surface area contributed by atoms with E-state index < -0.39 is 172 Å². The Bertz CT molecular complexity index is 970. The fourth-order valence-corrected chi connectivity index (χ4v) is 10.0. The van der Waals surface area contributed by atoms with Gasteiger partial charge in [0, 0.05) is 425 Å². The fourth-order valence-electron chi connectivity index (χ4n) is 10.0. The van der Waals surface area contributed by atoms with E-state index in [1.54, 1.807) is 0 Å². The fraction of sp³-hybridized carbons (Fsp3) is 0. The molecule has 0 saturated heterocycles. The molecule has 60 heteroatoms. The van der Waals surface area contributed by atoms with Crippen LogP contribution in [0.5, 0.6) is 0 Å². The van der Waals surface area contributed by atoms with Crippen LogP contribution in [0.15, 0.2) is 0 Å². The van der Waals surface area contributed by atoms with Gasteiger partial charge in [-0.05, 0) is 0 Å². The summed E-state index contributed by atoms with van der Waals surface area (Å²) >= 11 is 0. The molecule has 0 saturated carbocycles. The van der Waals surface area contributed by atoms with Gasteiger partial charge in [0.2, 0.25) is 0 Å². The predicted molar refractivity (Wildman–Crippen MR) is 345 cm³/mol. The maximum Gasteiger partial charge on any atom is 0 e. The van der Waals surface area contributed by atoms with Crippen molar-refractivity contribution in [2.24, 2.45) is 0 Å². The molecule has 0 aromatic rings. The van der Waals surface area contributed by atoms with Gasteiger partial charge in [0.15, 0.2) is 0 Å². The van der Waals surface area contributed by atoms with Gasteiger partial charge in [-0.15, -0.1) is 0 Å². The highest BCUT2D eigenvalue weighted by Crippen LogP contribution is 2.20. The van der Waals surface area contributed by atoms with Crippen LogP contribution in [0.2, 0.25) is 0 Å². The van der Waals surface area contributed by atoms with E-state index in [0.717, 1.165) is 28.2 Å². The van der Waals surface area contributed by atoms with E-state index in [-0.39, 0.29) is 0 Å². The van der Waals surface area contributed by atoms with Crippen molar-refractivity contribution in [3.05, 3.63) is 0 Å². The molecule has 0 fully saturated rings. The summed E-state index contributed by atoms with van der Waals surface area (Å²) in [6.45, 7) is 0. The second-order valence-corrected chi connectivity index (χ2v) is 16.4. The monoisotopic (exact) mass is 661 g/mol. The zero-order chi connectivity index (χ0) is 47.4. The number of rotatable bonds is 30. The summed E-state index contributed by atoms with van der Waals surface area (Å²) in [4.78, 5) is 0. The standard InChI is InChI=1S/B60/c1-30-44(25)55(49(34(5)6)35(7)8)59(56(45(26)31-2)50(36(9)10)37(11)12)48(29)53(42(21)22)54(43(23)24)60(57(46(27)32-3)51(38(13)14)39(15)16)58(47(28)33-4)52(40(17)18)41(19)20. The normalized spacial score (nSPS) is 9.60. The molecule has 0 aliphatic rings. The highest BCUT2D eigenvalue weighted by molar-refractivity contribution is 8.34. The van der Waals surface area contributed by atoms with E-state index in [0.29, 0.717) is 0 Å². The van der Waals surface area contributed by atoms with Crippen LogP contribution in [0.25, 0.3) is 0 Å². The first-order valence-electron chi connectivity index (χ1n) is 19.7. The Morgan fingerprint density at radius 2 is 0.333 bits per heavy atom. The summed E-state index contributed by atoms with van der Waals surface area (Å²) < 4.78 is 0. The zero-order valence-corrected chi connectivity index (χ0v) is 34.6. The molecule has 0 aromatic carbocycles. The Morgan fingerprint density at radius 1 is 0.167 bits per heavy atom. The van der Waals surface area contributed by atoms with Gasteiger partial charge in [0.05, 0.1) is 0 Å². The Balaban J connectivity index is 9.41. The van der Waals surface area contributed by atoms with Gasteiger partial charge in [0.25, 0.3) is 0 Å². The third kappa shape index (κ3) is 17.1. The van der Waals surface area contributed by atoms with E-state index in [4.69, 9.17) is 224 Å². The van der Waals surface area contributed by atoms with Crippen LogP contribution < -0.4 is 0 Å². The molecule has 0 aromatic heterocycles. The van der Waals surface area contributed by atoms with E-state index in [2.05, 4.69) is 0 Å². The van der Waals surface area contributed by atoms with E-state index in [9.17, 15) is 0 Å². The summed E-state index contributed by atoms with van der Waals surface area (Å²) in [6, 6.07) is 0. The Labute approximate surface area is 421 Å².